The monoisotopic (exact) mass is 241 g/mol. The first kappa shape index (κ1) is 12.8. The number of carboxylic acids is 1. The Morgan fingerprint density at radius 3 is 2.62 bits per heavy atom. The van der Waals surface area contributed by atoms with E-state index in [0.29, 0.717) is 5.82 Å². The molecule has 0 atom stereocenters. The number of hydrogen-bond acceptors (Lipinski definition) is 5. The third-order valence-corrected chi connectivity index (χ3v) is 3.18. The van der Waals surface area contributed by atoms with Crippen LogP contribution in [0, 0.1) is 0 Å². The molecular formula is C10H15N3O2S. The van der Waals surface area contributed by atoms with Crippen molar-refractivity contribution in [1.29, 1.82) is 0 Å². The molecule has 0 amide bonds. The van der Waals surface area contributed by atoms with Crippen molar-refractivity contribution < 1.29 is 9.90 Å². The number of rotatable bonds is 4. The van der Waals surface area contributed by atoms with Crippen LogP contribution >= 0.6 is 11.8 Å². The first-order valence-electron chi connectivity index (χ1n) is 4.73. The fraction of sp³-hybridized carbons (Fsp3) is 0.500. The predicted octanol–water partition coefficient (Wildman–Crippen LogP) is 1.50. The molecule has 0 aliphatic rings. The van der Waals surface area contributed by atoms with Crippen LogP contribution in [-0.2, 0) is 4.79 Å². The standard InChI is InChI=1S/C10H15N3O2S/c1-10(2,9(14)15)13(3)7-5-8(16-4)12-6-11-7/h5-6H,1-4H3,(H,14,15). The second-order valence-corrected chi connectivity index (χ2v) is 4.67. The second kappa shape index (κ2) is 4.69. The fourth-order valence-electron chi connectivity index (χ4n) is 1.05. The van der Waals surface area contributed by atoms with E-state index in [1.54, 1.807) is 31.9 Å². The van der Waals surface area contributed by atoms with Gasteiger partial charge in [0.05, 0.1) is 0 Å². The average Bonchev–Trinajstić information content (AvgIpc) is 2.27. The Balaban J connectivity index is 3.04. The Bertz CT molecular complexity index is 395. The molecular weight excluding hydrogens is 226 g/mol. The van der Waals surface area contributed by atoms with Gasteiger partial charge in [0, 0.05) is 13.1 Å². The van der Waals surface area contributed by atoms with Gasteiger partial charge in [-0.3, -0.25) is 0 Å². The normalized spacial score (nSPS) is 11.2. The quantitative estimate of drug-likeness (QED) is 0.636. The maximum absolute atomic E-state index is 11.1. The van der Waals surface area contributed by atoms with Crippen LogP contribution in [0.15, 0.2) is 17.4 Å². The number of carboxylic acid groups (broad SMARTS) is 1. The van der Waals surface area contributed by atoms with Crippen LogP contribution in [0.1, 0.15) is 13.8 Å². The zero-order valence-electron chi connectivity index (χ0n) is 9.76. The Hall–Kier alpha value is -1.30. The van der Waals surface area contributed by atoms with Crippen molar-refractivity contribution in [2.45, 2.75) is 24.4 Å². The van der Waals surface area contributed by atoms with Gasteiger partial charge in [0.25, 0.3) is 0 Å². The summed E-state index contributed by atoms with van der Waals surface area (Å²) < 4.78 is 0. The van der Waals surface area contributed by atoms with Crippen molar-refractivity contribution in [3.8, 4) is 0 Å². The molecule has 0 radical (unpaired) electrons. The summed E-state index contributed by atoms with van der Waals surface area (Å²) in [4.78, 5) is 20.8. The summed E-state index contributed by atoms with van der Waals surface area (Å²) in [5.41, 5.74) is -0.996. The molecule has 0 aliphatic heterocycles. The van der Waals surface area contributed by atoms with Gasteiger partial charge < -0.3 is 10.0 Å². The van der Waals surface area contributed by atoms with Gasteiger partial charge in [-0.2, -0.15) is 0 Å². The molecule has 0 saturated carbocycles. The van der Waals surface area contributed by atoms with Gasteiger partial charge in [-0.15, -0.1) is 11.8 Å². The lowest BCUT2D eigenvalue weighted by atomic mass is 10.0. The molecule has 88 valence electrons. The highest BCUT2D eigenvalue weighted by Gasteiger charge is 2.33. The number of nitrogens with zero attached hydrogens (tertiary/aromatic N) is 3. The molecule has 0 aromatic carbocycles. The third-order valence-electron chi connectivity index (χ3n) is 2.54. The summed E-state index contributed by atoms with van der Waals surface area (Å²) in [6, 6.07) is 1.77. The minimum atomic E-state index is -0.996. The Labute approximate surface area is 98.9 Å². The molecule has 16 heavy (non-hydrogen) atoms. The van der Waals surface area contributed by atoms with Crippen molar-refractivity contribution in [2.24, 2.45) is 0 Å². The number of hydrogen-bond donors (Lipinski definition) is 1. The maximum Gasteiger partial charge on any atom is 0.328 e. The smallest absolute Gasteiger partial charge is 0.328 e. The highest BCUT2D eigenvalue weighted by Crippen LogP contribution is 2.22. The molecule has 1 aromatic heterocycles. The average molecular weight is 241 g/mol. The number of thioether (sulfide) groups is 1. The van der Waals surface area contributed by atoms with E-state index < -0.39 is 11.5 Å². The molecule has 0 saturated heterocycles. The van der Waals surface area contributed by atoms with E-state index in [9.17, 15) is 4.79 Å². The van der Waals surface area contributed by atoms with E-state index in [0.717, 1.165) is 5.03 Å². The lowest BCUT2D eigenvalue weighted by molar-refractivity contribution is -0.142. The Morgan fingerprint density at radius 2 is 2.12 bits per heavy atom. The summed E-state index contributed by atoms with van der Waals surface area (Å²) in [5.74, 6) is -0.286. The van der Waals surface area contributed by atoms with E-state index in [2.05, 4.69) is 9.97 Å². The molecule has 5 nitrogen and oxygen atoms in total. The first-order chi connectivity index (χ1) is 7.39. The number of anilines is 1. The lowest BCUT2D eigenvalue weighted by Gasteiger charge is -2.32. The van der Waals surface area contributed by atoms with Gasteiger partial charge >= 0.3 is 5.97 Å². The van der Waals surface area contributed by atoms with Gasteiger partial charge in [0.2, 0.25) is 0 Å². The highest BCUT2D eigenvalue weighted by atomic mass is 32.2. The van der Waals surface area contributed by atoms with Gasteiger partial charge in [0.1, 0.15) is 22.7 Å². The summed E-state index contributed by atoms with van der Waals surface area (Å²) in [6.45, 7) is 3.27. The molecule has 1 N–H and O–H groups in total. The topological polar surface area (TPSA) is 66.3 Å². The summed E-state index contributed by atoms with van der Waals surface area (Å²) in [6.07, 6.45) is 3.35. The van der Waals surface area contributed by atoms with Crippen molar-refractivity contribution in [1.82, 2.24) is 9.97 Å². The Kier molecular flexibility index (Phi) is 3.74. The first-order valence-corrected chi connectivity index (χ1v) is 5.95. The number of aliphatic carboxylic acids is 1. The van der Waals surface area contributed by atoms with Crippen LogP contribution in [0.4, 0.5) is 5.82 Å². The summed E-state index contributed by atoms with van der Waals surface area (Å²) in [5, 5.41) is 9.93. The molecule has 0 unspecified atom stereocenters. The lowest BCUT2D eigenvalue weighted by Crippen LogP contribution is -2.48. The van der Waals surface area contributed by atoms with Crippen LogP contribution in [0.3, 0.4) is 0 Å². The van der Waals surface area contributed by atoms with Crippen LogP contribution in [0.5, 0.6) is 0 Å². The third kappa shape index (κ3) is 2.44. The number of carbonyl (C=O) groups is 1. The molecule has 1 aromatic rings. The number of aromatic nitrogens is 2. The van der Waals surface area contributed by atoms with Crippen LogP contribution in [0.2, 0.25) is 0 Å². The summed E-state index contributed by atoms with van der Waals surface area (Å²) >= 11 is 1.49. The molecule has 1 rings (SSSR count). The van der Waals surface area contributed by atoms with E-state index in [1.165, 1.54) is 18.1 Å². The van der Waals surface area contributed by atoms with E-state index in [1.807, 2.05) is 6.26 Å². The van der Waals surface area contributed by atoms with Crippen molar-refractivity contribution >= 4 is 23.5 Å². The minimum absolute atomic E-state index is 0.603. The molecule has 0 fully saturated rings. The second-order valence-electron chi connectivity index (χ2n) is 3.84. The van der Waals surface area contributed by atoms with Gasteiger partial charge in [-0.05, 0) is 20.1 Å². The van der Waals surface area contributed by atoms with Crippen LogP contribution in [0.25, 0.3) is 0 Å². The van der Waals surface area contributed by atoms with Gasteiger partial charge in [-0.25, -0.2) is 14.8 Å². The van der Waals surface area contributed by atoms with Crippen LogP contribution < -0.4 is 4.90 Å². The Morgan fingerprint density at radius 1 is 1.50 bits per heavy atom. The zero-order chi connectivity index (χ0) is 12.3. The number of likely N-dealkylation sites (N-methyl/N-ethyl adjacent to an activating group) is 1. The van der Waals surface area contributed by atoms with E-state index in [-0.39, 0.29) is 0 Å². The van der Waals surface area contributed by atoms with Crippen LogP contribution in [-0.4, -0.2) is 39.9 Å². The maximum atomic E-state index is 11.1. The molecule has 1 heterocycles. The van der Waals surface area contributed by atoms with Gasteiger partial charge in [-0.1, -0.05) is 0 Å². The molecule has 0 spiro atoms. The van der Waals surface area contributed by atoms with E-state index in [4.69, 9.17) is 5.11 Å². The predicted molar refractivity (Wildman–Crippen MR) is 63.9 cm³/mol. The molecule has 0 aliphatic carbocycles. The SMILES string of the molecule is CSc1cc(N(C)C(C)(C)C(=O)O)ncn1. The summed E-state index contributed by atoms with van der Waals surface area (Å²) in [7, 11) is 1.71. The van der Waals surface area contributed by atoms with Crippen molar-refractivity contribution in [2.75, 3.05) is 18.2 Å². The van der Waals surface area contributed by atoms with Crippen molar-refractivity contribution in [3.63, 3.8) is 0 Å². The largest absolute Gasteiger partial charge is 0.480 e. The highest BCUT2D eigenvalue weighted by molar-refractivity contribution is 7.98. The van der Waals surface area contributed by atoms with E-state index >= 15 is 0 Å². The van der Waals surface area contributed by atoms with Gasteiger partial charge in [0.15, 0.2) is 0 Å². The molecule has 6 heteroatoms. The van der Waals surface area contributed by atoms with Crippen molar-refractivity contribution in [3.05, 3.63) is 12.4 Å². The zero-order valence-corrected chi connectivity index (χ0v) is 10.6. The fourth-order valence-corrected chi connectivity index (χ4v) is 1.43. The molecule has 0 bridgehead atoms. The minimum Gasteiger partial charge on any atom is -0.480 e.